The Morgan fingerprint density at radius 2 is 2.10 bits per heavy atom. The maximum absolute atomic E-state index is 13.1. The highest BCUT2D eigenvalue weighted by molar-refractivity contribution is 5.77. The molecule has 0 radical (unpaired) electrons. The van der Waals surface area contributed by atoms with Crippen LogP contribution in [0, 0.1) is 12.3 Å². The van der Waals surface area contributed by atoms with E-state index in [0.717, 1.165) is 42.9 Å². The molecule has 0 aliphatic carbocycles. The molecule has 3 aromatic rings. The first-order valence-corrected chi connectivity index (χ1v) is 10.9. The minimum atomic E-state index is -0.642. The minimum Gasteiger partial charge on any atom is -0.466 e. The molecule has 1 aromatic carbocycles. The van der Waals surface area contributed by atoms with Gasteiger partial charge >= 0.3 is 5.97 Å². The zero-order valence-electron chi connectivity index (χ0n) is 18.5. The number of likely N-dealkylation sites (tertiary alicyclic amines) is 1. The lowest BCUT2D eigenvalue weighted by Gasteiger charge is -2.40. The third-order valence-corrected chi connectivity index (χ3v) is 6.09. The molecule has 1 aliphatic rings. The molecule has 2 aromatic heterocycles. The van der Waals surface area contributed by atoms with E-state index in [4.69, 9.17) is 9.26 Å². The van der Waals surface area contributed by atoms with Crippen LogP contribution in [0.15, 0.2) is 47.4 Å². The Morgan fingerprint density at radius 3 is 2.81 bits per heavy atom. The third kappa shape index (κ3) is 4.71. The summed E-state index contributed by atoms with van der Waals surface area (Å²) >= 11 is 0. The van der Waals surface area contributed by atoms with Crippen molar-refractivity contribution >= 4 is 5.97 Å². The van der Waals surface area contributed by atoms with Crippen LogP contribution in [0.5, 0.6) is 0 Å². The summed E-state index contributed by atoms with van der Waals surface area (Å²) in [7, 11) is 1.99. The Balaban J connectivity index is 1.55. The summed E-state index contributed by atoms with van der Waals surface area (Å²) in [5.41, 5.74) is 3.48. The Labute approximate surface area is 183 Å². The maximum atomic E-state index is 13.1. The number of ether oxygens (including phenoxy) is 1. The average molecular weight is 423 g/mol. The van der Waals surface area contributed by atoms with Gasteiger partial charge in [0.25, 0.3) is 0 Å². The van der Waals surface area contributed by atoms with Crippen molar-refractivity contribution in [3.8, 4) is 11.3 Å². The fourth-order valence-corrected chi connectivity index (χ4v) is 4.39. The largest absolute Gasteiger partial charge is 0.466 e. The SMILES string of the molecule is CCOC(=O)C1(Cc2cc(-c3ccc(C)cc3)no2)CCCN(Cc2cncn2C)C1. The van der Waals surface area contributed by atoms with E-state index >= 15 is 0 Å². The van der Waals surface area contributed by atoms with Gasteiger partial charge in [-0.1, -0.05) is 35.0 Å². The van der Waals surface area contributed by atoms with E-state index in [1.807, 2.05) is 42.9 Å². The third-order valence-electron chi connectivity index (χ3n) is 6.09. The fraction of sp³-hybridized carbons (Fsp3) is 0.458. The number of aromatic nitrogens is 3. The number of aryl methyl sites for hydroxylation is 2. The van der Waals surface area contributed by atoms with Crippen molar-refractivity contribution in [2.24, 2.45) is 12.5 Å². The van der Waals surface area contributed by atoms with Gasteiger partial charge in [0, 0.05) is 44.4 Å². The zero-order chi connectivity index (χ0) is 21.8. The lowest BCUT2D eigenvalue weighted by Crippen LogP contribution is -2.49. The number of piperidine rings is 1. The average Bonchev–Trinajstić information content (AvgIpc) is 3.38. The lowest BCUT2D eigenvalue weighted by atomic mass is 9.76. The first-order valence-electron chi connectivity index (χ1n) is 10.9. The van der Waals surface area contributed by atoms with Crippen LogP contribution < -0.4 is 0 Å². The molecular formula is C24H30N4O3. The number of hydrogen-bond donors (Lipinski definition) is 0. The smallest absolute Gasteiger partial charge is 0.313 e. The first kappa shape index (κ1) is 21.3. The highest BCUT2D eigenvalue weighted by atomic mass is 16.5. The van der Waals surface area contributed by atoms with Crippen molar-refractivity contribution in [1.29, 1.82) is 0 Å². The Hall–Kier alpha value is -2.93. The second-order valence-corrected chi connectivity index (χ2v) is 8.53. The van der Waals surface area contributed by atoms with E-state index in [9.17, 15) is 4.79 Å². The predicted octanol–water partition coefficient (Wildman–Crippen LogP) is 3.77. The second kappa shape index (κ2) is 9.06. The predicted molar refractivity (Wildman–Crippen MR) is 117 cm³/mol. The van der Waals surface area contributed by atoms with Crippen LogP contribution in [0.25, 0.3) is 11.3 Å². The number of carbonyl (C=O) groups is 1. The molecule has 7 heteroatoms. The molecule has 0 spiro atoms. The highest BCUT2D eigenvalue weighted by Crippen LogP contribution is 2.36. The van der Waals surface area contributed by atoms with Gasteiger partial charge in [-0.2, -0.15) is 0 Å². The minimum absolute atomic E-state index is 0.155. The highest BCUT2D eigenvalue weighted by Gasteiger charge is 2.44. The van der Waals surface area contributed by atoms with Gasteiger partial charge in [-0.3, -0.25) is 9.69 Å². The van der Waals surface area contributed by atoms with Crippen molar-refractivity contribution in [1.82, 2.24) is 19.6 Å². The molecule has 7 nitrogen and oxygen atoms in total. The molecule has 31 heavy (non-hydrogen) atoms. The van der Waals surface area contributed by atoms with Gasteiger partial charge in [0.2, 0.25) is 0 Å². The molecule has 3 heterocycles. The number of rotatable bonds is 7. The summed E-state index contributed by atoms with van der Waals surface area (Å²) in [4.78, 5) is 19.7. The van der Waals surface area contributed by atoms with Crippen LogP contribution in [-0.4, -0.2) is 45.3 Å². The summed E-state index contributed by atoms with van der Waals surface area (Å²) in [6, 6.07) is 10.1. The normalized spacial score (nSPS) is 19.5. The van der Waals surface area contributed by atoms with Gasteiger partial charge in [-0.25, -0.2) is 4.98 Å². The molecule has 0 N–H and O–H groups in total. The lowest BCUT2D eigenvalue weighted by molar-refractivity contribution is -0.159. The molecule has 1 fully saturated rings. The maximum Gasteiger partial charge on any atom is 0.313 e. The number of carbonyl (C=O) groups excluding carboxylic acids is 1. The Kier molecular flexibility index (Phi) is 6.23. The van der Waals surface area contributed by atoms with Gasteiger partial charge in [0.05, 0.1) is 24.0 Å². The fourth-order valence-electron chi connectivity index (χ4n) is 4.39. The molecule has 0 saturated carbocycles. The molecule has 1 aliphatic heterocycles. The van der Waals surface area contributed by atoms with E-state index in [-0.39, 0.29) is 5.97 Å². The molecule has 1 atom stereocenters. The number of imidazole rings is 1. The van der Waals surface area contributed by atoms with Gasteiger partial charge in [0.15, 0.2) is 0 Å². The van der Waals surface area contributed by atoms with Crippen molar-refractivity contribution in [3.63, 3.8) is 0 Å². The molecule has 1 saturated heterocycles. The molecule has 164 valence electrons. The summed E-state index contributed by atoms with van der Waals surface area (Å²) in [5, 5.41) is 4.26. The van der Waals surface area contributed by atoms with E-state index in [1.54, 1.807) is 6.33 Å². The number of benzene rings is 1. The van der Waals surface area contributed by atoms with E-state index in [1.165, 1.54) is 5.56 Å². The molecule has 0 amide bonds. The van der Waals surface area contributed by atoms with Crippen LogP contribution in [0.1, 0.15) is 36.8 Å². The number of esters is 1. The topological polar surface area (TPSA) is 73.4 Å². The second-order valence-electron chi connectivity index (χ2n) is 8.53. The van der Waals surface area contributed by atoms with Gasteiger partial charge in [-0.15, -0.1) is 0 Å². The Bertz CT molecular complexity index is 1020. The van der Waals surface area contributed by atoms with E-state index < -0.39 is 5.41 Å². The van der Waals surface area contributed by atoms with Crippen LogP contribution in [0.3, 0.4) is 0 Å². The number of hydrogen-bond acceptors (Lipinski definition) is 6. The van der Waals surface area contributed by atoms with Gasteiger partial charge < -0.3 is 13.8 Å². The Morgan fingerprint density at radius 1 is 1.29 bits per heavy atom. The van der Waals surface area contributed by atoms with Crippen LogP contribution in [0.2, 0.25) is 0 Å². The van der Waals surface area contributed by atoms with Crippen molar-refractivity contribution in [2.75, 3.05) is 19.7 Å². The van der Waals surface area contributed by atoms with Crippen molar-refractivity contribution < 1.29 is 14.1 Å². The molecule has 1 unspecified atom stereocenters. The monoisotopic (exact) mass is 422 g/mol. The quantitative estimate of drug-likeness (QED) is 0.540. The van der Waals surface area contributed by atoms with Crippen LogP contribution in [-0.2, 0) is 29.5 Å². The van der Waals surface area contributed by atoms with Crippen molar-refractivity contribution in [2.45, 2.75) is 39.7 Å². The summed E-state index contributed by atoms with van der Waals surface area (Å²) in [5.74, 6) is 0.559. The van der Waals surface area contributed by atoms with E-state index in [2.05, 4.69) is 34.1 Å². The zero-order valence-corrected chi connectivity index (χ0v) is 18.5. The van der Waals surface area contributed by atoms with Crippen molar-refractivity contribution in [3.05, 3.63) is 59.9 Å². The first-order chi connectivity index (χ1) is 15.0. The molecule has 4 rings (SSSR count). The molecular weight excluding hydrogens is 392 g/mol. The standard InChI is InChI=1S/C24H30N4O3/c1-4-30-23(29)24(10-5-11-28(16-24)15-20-14-25-17-27(20)3)13-21-12-22(26-31-21)19-8-6-18(2)7-9-19/h6-9,12,14,17H,4-5,10-11,13,15-16H2,1-3H3. The van der Waals surface area contributed by atoms with Crippen LogP contribution >= 0.6 is 0 Å². The van der Waals surface area contributed by atoms with Crippen LogP contribution in [0.4, 0.5) is 0 Å². The summed E-state index contributed by atoms with van der Waals surface area (Å²) in [6.07, 6.45) is 5.86. The number of nitrogens with zero attached hydrogens (tertiary/aromatic N) is 4. The molecule has 0 bridgehead atoms. The van der Waals surface area contributed by atoms with Gasteiger partial charge in [-0.05, 0) is 33.2 Å². The summed E-state index contributed by atoms with van der Waals surface area (Å²) < 4.78 is 13.2. The van der Waals surface area contributed by atoms with E-state index in [0.29, 0.717) is 25.3 Å². The summed E-state index contributed by atoms with van der Waals surface area (Å²) in [6.45, 7) is 6.60. The van der Waals surface area contributed by atoms with Gasteiger partial charge in [0.1, 0.15) is 11.5 Å².